The Kier molecular flexibility index (Phi) is 4.16. The highest BCUT2D eigenvalue weighted by Crippen LogP contribution is 2.61. The summed E-state index contributed by atoms with van der Waals surface area (Å²) in [6, 6.07) is 0.0392. The van der Waals surface area contributed by atoms with E-state index in [4.69, 9.17) is 4.74 Å². The lowest BCUT2D eigenvalue weighted by Crippen LogP contribution is -2.56. The number of hydrogen-bond acceptors (Lipinski definition) is 5. The maximum Gasteiger partial charge on any atom is 0.362 e. The topological polar surface area (TPSA) is 110 Å². The van der Waals surface area contributed by atoms with Gasteiger partial charge in [-0.2, -0.15) is 0 Å². The second-order valence-electron chi connectivity index (χ2n) is 8.43. The molecule has 8 heteroatoms. The molecule has 5 rings (SSSR count). The van der Waals surface area contributed by atoms with Gasteiger partial charge in [0, 0.05) is 6.04 Å². The van der Waals surface area contributed by atoms with Crippen LogP contribution in [0.2, 0.25) is 0 Å². The summed E-state index contributed by atoms with van der Waals surface area (Å²) in [5.74, 6) is 1.73. The third-order valence-electron chi connectivity index (χ3n) is 6.85. The molecule has 0 saturated heterocycles. The van der Waals surface area contributed by atoms with Crippen molar-refractivity contribution < 1.29 is 14.5 Å². The average molecular weight is 362 g/mol. The van der Waals surface area contributed by atoms with Gasteiger partial charge in [0.15, 0.2) is 0 Å². The predicted octanol–water partition coefficient (Wildman–Crippen LogP) is 3.05. The monoisotopic (exact) mass is 362 g/mol. The van der Waals surface area contributed by atoms with E-state index < -0.39 is 16.5 Å². The number of nitro groups is 1. The molecule has 4 bridgehead atoms. The molecular formula is C18H26N4O4. The number of aromatic amines is 1. The van der Waals surface area contributed by atoms with Gasteiger partial charge in [-0.05, 0) is 68.1 Å². The van der Waals surface area contributed by atoms with Crippen LogP contribution >= 0.6 is 0 Å². The summed E-state index contributed by atoms with van der Waals surface area (Å²) in [7, 11) is 1.30. The number of nitrogens with zero attached hydrogens (tertiary/aromatic N) is 2. The number of carbonyl (C=O) groups excluding carboxylic acids is 1. The van der Waals surface area contributed by atoms with E-state index in [0.29, 0.717) is 0 Å². The Labute approximate surface area is 152 Å². The van der Waals surface area contributed by atoms with Crippen molar-refractivity contribution in [3.05, 3.63) is 15.8 Å². The van der Waals surface area contributed by atoms with Gasteiger partial charge in [-0.25, -0.2) is 0 Å². The molecule has 0 radical (unpaired) electrons. The molecule has 1 aromatic heterocycles. The van der Waals surface area contributed by atoms with Crippen LogP contribution in [0.15, 0.2) is 0 Å². The lowest BCUT2D eigenvalue weighted by Gasteiger charge is -2.59. The van der Waals surface area contributed by atoms with Crippen molar-refractivity contribution in [2.75, 3.05) is 7.11 Å². The molecule has 4 fully saturated rings. The molecule has 0 aromatic carbocycles. The quantitative estimate of drug-likeness (QED) is 0.597. The van der Waals surface area contributed by atoms with E-state index in [1.807, 2.05) is 0 Å². The second-order valence-corrected chi connectivity index (χ2v) is 8.43. The van der Waals surface area contributed by atoms with Gasteiger partial charge in [0.25, 0.3) is 5.91 Å². The minimum absolute atomic E-state index is 0.0392. The largest absolute Gasteiger partial charge is 0.475 e. The SMILES string of the molecule is CCC(NC(=O)c1[nH]nc(OC)c1[N+](=O)[O-])C12CC3CC(CC(C3)C1)C2. The fourth-order valence-corrected chi connectivity index (χ4v) is 6.31. The van der Waals surface area contributed by atoms with Crippen LogP contribution in [0.25, 0.3) is 0 Å². The molecule has 1 unspecified atom stereocenters. The molecule has 1 heterocycles. The molecular weight excluding hydrogens is 336 g/mol. The molecule has 1 aromatic rings. The van der Waals surface area contributed by atoms with Crippen LogP contribution in [0.3, 0.4) is 0 Å². The number of rotatable bonds is 6. The summed E-state index contributed by atoms with van der Waals surface area (Å²) in [6.45, 7) is 2.09. The highest BCUT2D eigenvalue weighted by molar-refractivity contribution is 5.97. The Morgan fingerprint density at radius 2 is 1.92 bits per heavy atom. The number of nitrogens with one attached hydrogen (secondary N) is 2. The molecule has 0 spiro atoms. The van der Waals surface area contributed by atoms with E-state index in [9.17, 15) is 14.9 Å². The number of ether oxygens (including phenoxy) is 1. The van der Waals surface area contributed by atoms with Crippen LogP contribution in [0.1, 0.15) is 62.4 Å². The summed E-state index contributed by atoms with van der Waals surface area (Å²) in [4.78, 5) is 23.5. The van der Waals surface area contributed by atoms with Crippen LogP contribution in [0.5, 0.6) is 5.88 Å². The van der Waals surface area contributed by atoms with Gasteiger partial charge in [-0.3, -0.25) is 20.0 Å². The number of aromatic nitrogens is 2. The zero-order valence-corrected chi connectivity index (χ0v) is 15.3. The van der Waals surface area contributed by atoms with Gasteiger partial charge in [0.1, 0.15) is 0 Å². The molecule has 0 aliphatic heterocycles. The Morgan fingerprint density at radius 1 is 1.35 bits per heavy atom. The van der Waals surface area contributed by atoms with Gasteiger partial charge in [-0.15, -0.1) is 5.10 Å². The van der Waals surface area contributed by atoms with E-state index in [-0.39, 0.29) is 23.0 Å². The lowest BCUT2D eigenvalue weighted by molar-refractivity contribution is -0.386. The summed E-state index contributed by atoms with van der Waals surface area (Å²) < 4.78 is 4.91. The minimum atomic E-state index is -0.622. The van der Waals surface area contributed by atoms with E-state index in [1.54, 1.807) is 0 Å². The van der Waals surface area contributed by atoms with E-state index >= 15 is 0 Å². The van der Waals surface area contributed by atoms with Crippen molar-refractivity contribution in [2.24, 2.45) is 23.2 Å². The molecule has 1 amide bonds. The zero-order chi connectivity index (χ0) is 18.5. The van der Waals surface area contributed by atoms with E-state index in [0.717, 1.165) is 24.2 Å². The fraction of sp³-hybridized carbons (Fsp3) is 0.778. The number of hydrogen-bond donors (Lipinski definition) is 2. The highest BCUT2D eigenvalue weighted by Gasteiger charge is 2.54. The lowest BCUT2D eigenvalue weighted by atomic mass is 9.47. The number of carbonyl (C=O) groups is 1. The maximum atomic E-state index is 12.8. The molecule has 2 N–H and O–H groups in total. The summed E-state index contributed by atoms with van der Waals surface area (Å²) >= 11 is 0. The van der Waals surface area contributed by atoms with Gasteiger partial charge in [-0.1, -0.05) is 6.92 Å². The standard InChI is InChI=1S/C18H26N4O4/c1-3-13(18-7-10-4-11(8-18)6-12(5-10)9-18)19-16(23)14-15(22(24)25)17(26-2)21-20-14/h10-13H,3-9H2,1-2H3,(H,19,23)(H,20,21). The first-order valence-corrected chi connectivity index (χ1v) is 9.53. The molecule has 142 valence electrons. The van der Waals surface area contributed by atoms with Gasteiger partial charge in [0.05, 0.1) is 12.0 Å². The van der Waals surface area contributed by atoms with Crippen molar-refractivity contribution in [1.82, 2.24) is 15.5 Å². The predicted molar refractivity (Wildman–Crippen MR) is 93.9 cm³/mol. The van der Waals surface area contributed by atoms with Gasteiger partial charge < -0.3 is 10.1 Å². The first-order chi connectivity index (χ1) is 12.5. The van der Waals surface area contributed by atoms with Crippen LogP contribution in [0, 0.1) is 33.3 Å². The van der Waals surface area contributed by atoms with Crippen molar-refractivity contribution in [1.29, 1.82) is 0 Å². The third-order valence-corrected chi connectivity index (χ3v) is 6.85. The normalized spacial score (nSPS) is 33.1. The number of amides is 1. The molecule has 1 atom stereocenters. The first-order valence-electron chi connectivity index (χ1n) is 9.53. The molecule has 4 aliphatic rings. The van der Waals surface area contributed by atoms with Crippen molar-refractivity contribution >= 4 is 11.6 Å². The van der Waals surface area contributed by atoms with Crippen molar-refractivity contribution in [3.8, 4) is 5.88 Å². The molecule has 26 heavy (non-hydrogen) atoms. The van der Waals surface area contributed by atoms with E-state index in [1.165, 1.54) is 45.6 Å². The summed E-state index contributed by atoms with van der Waals surface area (Å²) in [5, 5.41) is 20.7. The van der Waals surface area contributed by atoms with Crippen LogP contribution in [0.4, 0.5) is 5.69 Å². The summed E-state index contributed by atoms with van der Waals surface area (Å²) in [5.41, 5.74) is -0.377. The van der Waals surface area contributed by atoms with E-state index in [2.05, 4.69) is 22.4 Å². The Balaban J connectivity index is 1.57. The molecule has 8 nitrogen and oxygen atoms in total. The third kappa shape index (κ3) is 2.66. The summed E-state index contributed by atoms with van der Waals surface area (Å²) in [6.07, 6.45) is 8.37. The van der Waals surface area contributed by atoms with Crippen LogP contribution in [-0.4, -0.2) is 34.2 Å². The minimum Gasteiger partial charge on any atom is -0.475 e. The number of methoxy groups -OCH3 is 1. The van der Waals surface area contributed by atoms with Crippen molar-refractivity contribution in [2.45, 2.75) is 57.9 Å². The Hall–Kier alpha value is -2.12. The smallest absolute Gasteiger partial charge is 0.362 e. The van der Waals surface area contributed by atoms with Crippen molar-refractivity contribution in [3.63, 3.8) is 0 Å². The van der Waals surface area contributed by atoms with Crippen LogP contribution < -0.4 is 10.1 Å². The molecule has 4 saturated carbocycles. The second kappa shape index (κ2) is 6.25. The average Bonchev–Trinajstić information content (AvgIpc) is 3.02. The van der Waals surface area contributed by atoms with Gasteiger partial charge >= 0.3 is 11.6 Å². The van der Waals surface area contributed by atoms with Gasteiger partial charge in [0.2, 0.25) is 5.69 Å². The number of H-pyrrole nitrogens is 1. The maximum absolute atomic E-state index is 12.8. The Bertz CT molecular complexity index is 693. The Morgan fingerprint density at radius 3 is 2.38 bits per heavy atom. The zero-order valence-electron chi connectivity index (χ0n) is 15.3. The highest BCUT2D eigenvalue weighted by atomic mass is 16.6. The fourth-order valence-electron chi connectivity index (χ4n) is 6.31. The molecule has 4 aliphatic carbocycles. The first kappa shape index (κ1) is 17.3. The van der Waals surface area contributed by atoms with Crippen LogP contribution in [-0.2, 0) is 0 Å².